The summed E-state index contributed by atoms with van der Waals surface area (Å²) in [6.45, 7) is 0.601. The van der Waals surface area contributed by atoms with Gasteiger partial charge in [-0.15, -0.1) is 0 Å². The van der Waals surface area contributed by atoms with Gasteiger partial charge in [0.15, 0.2) is 0 Å². The molecule has 0 aliphatic heterocycles. The van der Waals surface area contributed by atoms with E-state index in [-0.39, 0.29) is 12.5 Å². The lowest BCUT2D eigenvalue weighted by molar-refractivity contribution is -0.145. The molecule has 1 amide bonds. The highest BCUT2D eigenvalue weighted by atomic mass is 79.9. The van der Waals surface area contributed by atoms with Crippen molar-refractivity contribution in [1.82, 2.24) is 5.32 Å². The number of nitrogens with one attached hydrogen (secondary N) is 1. The van der Waals surface area contributed by atoms with E-state index in [1.54, 1.807) is 7.11 Å². The number of esters is 1. The van der Waals surface area contributed by atoms with Gasteiger partial charge in [-0.3, -0.25) is 4.79 Å². The van der Waals surface area contributed by atoms with Crippen LogP contribution in [-0.2, 0) is 30.2 Å². The molecule has 0 radical (unpaired) electrons. The van der Waals surface area contributed by atoms with Crippen LogP contribution < -0.4 is 5.32 Å². The Labute approximate surface area is 138 Å². The van der Waals surface area contributed by atoms with Crippen molar-refractivity contribution in [2.24, 2.45) is 0 Å². The smallest absolute Gasteiger partial charge is 0.328 e. The normalized spacial score (nSPS) is 11.8. The number of carbonyl (C=O) groups is 2. The van der Waals surface area contributed by atoms with Gasteiger partial charge in [0.05, 0.1) is 20.3 Å². The van der Waals surface area contributed by atoms with Gasteiger partial charge in [0, 0.05) is 18.0 Å². The first-order valence-electron chi connectivity index (χ1n) is 6.75. The quantitative estimate of drug-likeness (QED) is 0.521. The predicted octanol–water partition coefficient (Wildman–Crippen LogP) is 1.31. The predicted molar refractivity (Wildman–Crippen MR) is 84.5 cm³/mol. The summed E-state index contributed by atoms with van der Waals surface area (Å²) in [7, 11) is 2.84. The lowest BCUT2D eigenvalue weighted by Gasteiger charge is -2.16. The van der Waals surface area contributed by atoms with Gasteiger partial charge in [-0.2, -0.15) is 0 Å². The Hall–Kier alpha value is -1.44. The molecule has 0 spiro atoms. The number of rotatable bonds is 9. The largest absolute Gasteiger partial charge is 0.467 e. The zero-order chi connectivity index (χ0) is 16.4. The van der Waals surface area contributed by atoms with Crippen molar-refractivity contribution in [2.75, 3.05) is 34.0 Å². The van der Waals surface area contributed by atoms with Gasteiger partial charge >= 0.3 is 5.97 Å². The van der Waals surface area contributed by atoms with Gasteiger partial charge in [-0.05, 0) is 17.7 Å². The fourth-order valence-corrected chi connectivity index (χ4v) is 2.00. The summed E-state index contributed by atoms with van der Waals surface area (Å²) in [5.41, 5.74) is 0.916. The number of hydrogen-bond acceptors (Lipinski definition) is 5. The molecular formula is C15H20BrNO5. The van der Waals surface area contributed by atoms with Gasteiger partial charge in [0.25, 0.3) is 0 Å². The summed E-state index contributed by atoms with van der Waals surface area (Å²) in [6, 6.07) is 6.76. The first-order chi connectivity index (χ1) is 10.6. The molecule has 0 aliphatic carbocycles. The molecule has 0 heterocycles. The molecule has 0 saturated carbocycles. The molecule has 1 aromatic carbocycles. The summed E-state index contributed by atoms with van der Waals surface area (Å²) < 4.78 is 15.6. The first-order valence-corrected chi connectivity index (χ1v) is 7.54. The number of amides is 1. The molecule has 0 aromatic heterocycles. The maximum atomic E-state index is 11.8. The van der Waals surface area contributed by atoms with E-state index in [0.29, 0.717) is 19.6 Å². The van der Waals surface area contributed by atoms with E-state index in [1.807, 2.05) is 24.3 Å². The molecule has 122 valence electrons. The maximum Gasteiger partial charge on any atom is 0.328 e. The van der Waals surface area contributed by atoms with Crippen molar-refractivity contribution >= 4 is 27.8 Å². The summed E-state index contributed by atoms with van der Waals surface area (Å²) >= 11 is 3.35. The van der Waals surface area contributed by atoms with Crippen molar-refractivity contribution < 1.29 is 23.8 Å². The van der Waals surface area contributed by atoms with Crippen LogP contribution in [0.1, 0.15) is 5.56 Å². The van der Waals surface area contributed by atoms with Crippen molar-refractivity contribution in [2.45, 2.75) is 12.5 Å². The minimum absolute atomic E-state index is 0.128. The third-order valence-electron chi connectivity index (χ3n) is 2.84. The van der Waals surface area contributed by atoms with Crippen LogP contribution >= 0.6 is 15.9 Å². The number of hydrogen-bond donors (Lipinski definition) is 1. The second kappa shape index (κ2) is 10.3. The Morgan fingerprint density at radius 3 is 2.45 bits per heavy atom. The highest BCUT2D eigenvalue weighted by Crippen LogP contribution is 2.12. The fraction of sp³-hybridized carbons (Fsp3) is 0.467. The highest BCUT2D eigenvalue weighted by Gasteiger charge is 2.21. The molecule has 0 fully saturated rings. The van der Waals surface area contributed by atoms with Gasteiger partial charge in [-0.25, -0.2) is 4.79 Å². The minimum Gasteiger partial charge on any atom is -0.467 e. The molecule has 0 bridgehead atoms. The van der Waals surface area contributed by atoms with Crippen molar-refractivity contribution in [3.8, 4) is 0 Å². The SMILES string of the molecule is COCCOCC(=O)N[C@H](Cc1ccc(Br)cc1)C(=O)OC. The van der Waals surface area contributed by atoms with Crippen LogP contribution in [0.3, 0.4) is 0 Å². The Balaban J connectivity index is 2.55. The van der Waals surface area contributed by atoms with Crippen LogP contribution in [0, 0.1) is 0 Å². The fourth-order valence-electron chi connectivity index (χ4n) is 1.73. The zero-order valence-corrected chi connectivity index (χ0v) is 14.2. The van der Waals surface area contributed by atoms with E-state index >= 15 is 0 Å². The topological polar surface area (TPSA) is 73.9 Å². The molecule has 6 nitrogen and oxygen atoms in total. The second-order valence-electron chi connectivity index (χ2n) is 4.52. The molecule has 22 heavy (non-hydrogen) atoms. The van der Waals surface area contributed by atoms with Gasteiger partial charge in [0.2, 0.25) is 5.91 Å². The Kier molecular flexibility index (Phi) is 8.72. The lowest BCUT2D eigenvalue weighted by atomic mass is 10.1. The molecule has 1 N–H and O–H groups in total. The summed E-state index contributed by atoms with van der Waals surface area (Å²) in [5, 5.41) is 2.62. The van der Waals surface area contributed by atoms with E-state index < -0.39 is 12.0 Å². The van der Waals surface area contributed by atoms with Crippen LogP contribution in [0.25, 0.3) is 0 Å². The summed E-state index contributed by atoms with van der Waals surface area (Å²) in [4.78, 5) is 23.6. The van der Waals surface area contributed by atoms with Gasteiger partial charge in [-0.1, -0.05) is 28.1 Å². The van der Waals surface area contributed by atoms with Crippen LogP contribution in [-0.4, -0.2) is 52.0 Å². The van der Waals surface area contributed by atoms with Gasteiger partial charge < -0.3 is 19.5 Å². The number of ether oxygens (including phenoxy) is 3. The Morgan fingerprint density at radius 1 is 1.18 bits per heavy atom. The highest BCUT2D eigenvalue weighted by molar-refractivity contribution is 9.10. The van der Waals surface area contributed by atoms with E-state index in [0.717, 1.165) is 10.0 Å². The van der Waals surface area contributed by atoms with Crippen LogP contribution in [0.15, 0.2) is 28.7 Å². The summed E-state index contributed by atoms with van der Waals surface area (Å²) in [5.74, 6) is -0.864. The average molecular weight is 374 g/mol. The second-order valence-corrected chi connectivity index (χ2v) is 5.43. The van der Waals surface area contributed by atoms with E-state index in [1.165, 1.54) is 7.11 Å². The molecule has 0 unspecified atom stereocenters. The third kappa shape index (κ3) is 7.02. The molecule has 1 atom stereocenters. The Bertz CT molecular complexity index is 477. The minimum atomic E-state index is -0.746. The molecule has 7 heteroatoms. The van der Waals surface area contributed by atoms with E-state index in [9.17, 15) is 9.59 Å². The number of halogens is 1. The van der Waals surface area contributed by atoms with Crippen molar-refractivity contribution in [3.05, 3.63) is 34.3 Å². The van der Waals surface area contributed by atoms with Crippen molar-refractivity contribution in [3.63, 3.8) is 0 Å². The zero-order valence-electron chi connectivity index (χ0n) is 12.6. The average Bonchev–Trinajstić information content (AvgIpc) is 2.52. The summed E-state index contributed by atoms with van der Waals surface area (Å²) in [6.07, 6.45) is 0.351. The number of benzene rings is 1. The standard InChI is InChI=1S/C15H20BrNO5/c1-20-7-8-22-10-14(18)17-13(15(19)21-2)9-11-3-5-12(16)6-4-11/h3-6,13H,7-10H2,1-2H3,(H,17,18)/t13-/m1/s1. The molecule has 1 aromatic rings. The third-order valence-corrected chi connectivity index (χ3v) is 3.37. The number of carbonyl (C=O) groups excluding carboxylic acids is 2. The molecule has 1 rings (SSSR count). The molecule has 0 aliphatic rings. The molecular weight excluding hydrogens is 354 g/mol. The van der Waals surface area contributed by atoms with Crippen LogP contribution in [0.5, 0.6) is 0 Å². The number of methoxy groups -OCH3 is 2. The van der Waals surface area contributed by atoms with E-state index in [4.69, 9.17) is 14.2 Å². The Morgan fingerprint density at radius 2 is 1.86 bits per heavy atom. The van der Waals surface area contributed by atoms with E-state index in [2.05, 4.69) is 21.2 Å². The monoisotopic (exact) mass is 373 g/mol. The maximum absolute atomic E-state index is 11.8. The first kappa shape index (κ1) is 18.6. The van der Waals surface area contributed by atoms with Crippen molar-refractivity contribution in [1.29, 1.82) is 0 Å². The lowest BCUT2D eigenvalue weighted by Crippen LogP contribution is -2.44. The van der Waals surface area contributed by atoms with Crippen LogP contribution in [0.4, 0.5) is 0 Å². The molecule has 0 saturated heterocycles. The van der Waals surface area contributed by atoms with Gasteiger partial charge in [0.1, 0.15) is 12.6 Å². The van der Waals surface area contributed by atoms with Crippen LogP contribution in [0.2, 0.25) is 0 Å².